The summed E-state index contributed by atoms with van der Waals surface area (Å²) in [4.78, 5) is 70.4. The minimum absolute atomic E-state index is 0.147. The van der Waals surface area contributed by atoms with Gasteiger partial charge in [-0.1, -0.05) is 13.8 Å². The average Bonchev–Trinajstić information content (AvgIpc) is 2.70. The van der Waals surface area contributed by atoms with Gasteiger partial charge in [0.05, 0.1) is 6.04 Å². The van der Waals surface area contributed by atoms with Gasteiger partial charge < -0.3 is 37.6 Å². The van der Waals surface area contributed by atoms with E-state index in [4.69, 9.17) is 16.6 Å². The number of hydrogen-bond acceptors (Lipinski definition) is 8. The largest absolute Gasteiger partial charge is 0.481 e. The van der Waals surface area contributed by atoms with Crippen LogP contribution in [0.3, 0.4) is 0 Å². The van der Waals surface area contributed by atoms with Crippen molar-refractivity contribution in [3.05, 3.63) is 0 Å². The van der Waals surface area contributed by atoms with Crippen LogP contribution in [0.5, 0.6) is 0 Å². The first-order valence-corrected chi connectivity index (χ1v) is 10.4. The Hall–Kier alpha value is -2.87. The lowest BCUT2D eigenvalue weighted by molar-refractivity contribution is -0.143. The first kappa shape index (κ1) is 29.1. The molecule has 0 spiro atoms. The van der Waals surface area contributed by atoms with Crippen molar-refractivity contribution in [1.29, 1.82) is 0 Å². The van der Waals surface area contributed by atoms with E-state index in [2.05, 4.69) is 28.6 Å². The number of rotatable bonds is 15. The van der Waals surface area contributed by atoms with Crippen LogP contribution in [0.15, 0.2) is 0 Å². The quantitative estimate of drug-likeness (QED) is 0.117. The summed E-state index contributed by atoms with van der Waals surface area (Å²) < 4.78 is 0. The van der Waals surface area contributed by atoms with Crippen LogP contribution in [0.4, 0.5) is 0 Å². The molecule has 182 valence electrons. The predicted octanol–water partition coefficient (Wildman–Crippen LogP) is -2.43. The van der Waals surface area contributed by atoms with Gasteiger partial charge >= 0.3 is 11.9 Å². The van der Waals surface area contributed by atoms with Crippen molar-refractivity contribution in [2.75, 3.05) is 5.75 Å². The Balaban J connectivity index is 5.37. The summed E-state index contributed by atoms with van der Waals surface area (Å²) in [6.45, 7) is 3.42. The summed E-state index contributed by atoms with van der Waals surface area (Å²) in [5, 5.41) is 25.0. The fourth-order valence-corrected chi connectivity index (χ4v) is 2.65. The third kappa shape index (κ3) is 10.9. The van der Waals surface area contributed by atoms with Gasteiger partial charge in [0.2, 0.25) is 23.6 Å². The number of nitrogens with two attached hydrogens (primary N) is 2. The van der Waals surface area contributed by atoms with E-state index < -0.39 is 66.2 Å². The normalized spacial score (nSPS) is 14.5. The Morgan fingerprint density at radius 3 is 1.72 bits per heavy atom. The lowest BCUT2D eigenvalue weighted by Crippen LogP contribution is -2.58. The lowest BCUT2D eigenvalue weighted by atomic mass is 10.0. The fraction of sp³-hybridized carbons (Fsp3) is 0.667. The summed E-state index contributed by atoms with van der Waals surface area (Å²) in [6.07, 6.45) is -1.47. The Morgan fingerprint density at radius 2 is 1.28 bits per heavy atom. The molecular formula is C18H31N5O8S. The summed E-state index contributed by atoms with van der Waals surface area (Å²) in [5.41, 5.74) is 10.7. The van der Waals surface area contributed by atoms with Crippen LogP contribution in [0.1, 0.15) is 39.5 Å². The second-order valence-electron chi connectivity index (χ2n) is 7.41. The average molecular weight is 478 g/mol. The molecule has 0 aliphatic heterocycles. The highest BCUT2D eigenvalue weighted by Crippen LogP contribution is 2.05. The van der Waals surface area contributed by atoms with Gasteiger partial charge in [0.1, 0.15) is 18.1 Å². The predicted molar refractivity (Wildman–Crippen MR) is 115 cm³/mol. The molecule has 0 aromatic heterocycles. The van der Waals surface area contributed by atoms with Crippen LogP contribution in [0.2, 0.25) is 0 Å². The van der Waals surface area contributed by atoms with E-state index in [1.807, 2.05) is 0 Å². The Morgan fingerprint density at radius 1 is 0.812 bits per heavy atom. The molecule has 4 atom stereocenters. The third-order valence-corrected chi connectivity index (χ3v) is 4.78. The third-order valence-electron chi connectivity index (χ3n) is 4.41. The Labute approximate surface area is 190 Å². The van der Waals surface area contributed by atoms with Crippen LogP contribution >= 0.6 is 12.6 Å². The number of nitrogens with one attached hydrogen (secondary N) is 3. The summed E-state index contributed by atoms with van der Waals surface area (Å²) in [5.74, 6) is -6.23. The van der Waals surface area contributed by atoms with Crippen molar-refractivity contribution in [3.8, 4) is 0 Å². The molecule has 0 bridgehead atoms. The topological polar surface area (TPSA) is 231 Å². The van der Waals surface area contributed by atoms with Gasteiger partial charge in [-0.25, -0.2) is 4.79 Å². The molecule has 0 saturated carbocycles. The van der Waals surface area contributed by atoms with Gasteiger partial charge in [0.15, 0.2) is 0 Å². The molecule has 0 heterocycles. The van der Waals surface area contributed by atoms with Crippen LogP contribution < -0.4 is 27.4 Å². The number of primary amides is 1. The number of thiol groups is 1. The molecule has 32 heavy (non-hydrogen) atoms. The second kappa shape index (κ2) is 14.2. The lowest BCUT2D eigenvalue weighted by Gasteiger charge is -2.24. The van der Waals surface area contributed by atoms with Crippen molar-refractivity contribution < 1.29 is 39.0 Å². The zero-order valence-corrected chi connectivity index (χ0v) is 18.8. The van der Waals surface area contributed by atoms with E-state index >= 15 is 0 Å². The van der Waals surface area contributed by atoms with E-state index in [9.17, 15) is 33.9 Å². The monoisotopic (exact) mass is 477 g/mol. The molecule has 0 fully saturated rings. The van der Waals surface area contributed by atoms with E-state index in [1.165, 1.54) is 0 Å². The van der Waals surface area contributed by atoms with Crippen molar-refractivity contribution in [2.24, 2.45) is 17.4 Å². The fourth-order valence-electron chi connectivity index (χ4n) is 2.39. The van der Waals surface area contributed by atoms with E-state index in [1.54, 1.807) is 13.8 Å². The van der Waals surface area contributed by atoms with Gasteiger partial charge in [-0.3, -0.25) is 24.0 Å². The second-order valence-corrected chi connectivity index (χ2v) is 7.78. The van der Waals surface area contributed by atoms with Gasteiger partial charge in [0, 0.05) is 18.6 Å². The first-order chi connectivity index (χ1) is 14.8. The number of hydrogen-bond donors (Lipinski definition) is 8. The highest BCUT2D eigenvalue weighted by molar-refractivity contribution is 7.80. The molecule has 0 aliphatic carbocycles. The number of carbonyl (C=O) groups excluding carboxylic acids is 4. The maximum atomic E-state index is 12.6. The van der Waals surface area contributed by atoms with Crippen LogP contribution in [0.25, 0.3) is 0 Å². The molecule has 9 N–H and O–H groups in total. The number of carbonyl (C=O) groups is 6. The molecule has 0 rings (SSSR count). The maximum absolute atomic E-state index is 12.6. The maximum Gasteiger partial charge on any atom is 0.326 e. The van der Waals surface area contributed by atoms with E-state index in [0.717, 1.165) is 0 Å². The van der Waals surface area contributed by atoms with Gasteiger partial charge in [-0.2, -0.15) is 12.6 Å². The molecule has 13 nitrogen and oxygen atoms in total. The zero-order valence-electron chi connectivity index (χ0n) is 17.9. The van der Waals surface area contributed by atoms with E-state index in [-0.39, 0.29) is 30.9 Å². The number of amides is 4. The molecule has 0 aliphatic rings. The summed E-state index contributed by atoms with van der Waals surface area (Å²) >= 11 is 4.01. The SMILES string of the molecule is CC(C)C(N)C(=O)NC(CS)C(=O)NC(CCC(=O)O)C(=O)NC(CCC(N)=O)C(=O)O. The highest BCUT2D eigenvalue weighted by Gasteiger charge is 2.30. The highest BCUT2D eigenvalue weighted by atomic mass is 32.1. The Bertz CT molecular complexity index is 717. The Kier molecular flexibility index (Phi) is 13.0. The minimum atomic E-state index is -1.48. The minimum Gasteiger partial charge on any atom is -0.481 e. The molecule has 0 radical (unpaired) electrons. The number of carboxylic acid groups (broad SMARTS) is 2. The van der Waals surface area contributed by atoms with Crippen molar-refractivity contribution in [2.45, 2.75) is 63.7 Å². The van der Waals surface area contributed by atoms with Crippen molar-refractivity contribution in [1.82, 2.24) is 16.0 Å². The van der Waals surface area contributed by atoms with Gasteiger partial charge in [0.25, 0.3) is 0 Å². The zero-order chi connectivity index (χ0) is 25.0. The number of aliphatic carboxylic acids is 2. The molecule has 0 aromatic rings. The molecule has 4 amide bonds. The molecular weight excluding hydrogens is 446 g/mol. The number of carboxylic acids is 2. The van der Waals surface area contributed by atoms with Crippen LogP contribution in [-0.4, -0.2) is 75.7 Å². The summed E-state index contributed by atoms with van der Waals surface area (Å²) in [6, 6.07) is -4.98. The van der Waals surface area contributed by atoms with Crippen LogP contribution in [-0.2, 0) is 28.8 Å². The molecule has 0 aromatic carbocycles. The summed E-state index contributed by atoms with van der Waals surface area (Å²) in [7, 11) is 0. The van der Waals surface area contributed by atoms with Crippen molar-refractivity contribution in [3.63, 3.8) is 0 Å². The first-order valence-electron chi connectivity index (χ1n) is 9.80. The van der Waals surface area contributed by atoms with Gasteiger partial charge in [-0.15, -0.1) is 0 Å². The molecule has 14 heteroatoms. The smallest absolute Gasteiger partial charge is 0.326 e. The molecule has 4 unspecified atom stereocenters. The standard InChI is InChI=1S/C18H31N5O8S/c1-8(2)14(20)17(29)23-11(7-32)16(28)21-9(4-6-13(25)26)15(27)22-10(18(30)31)3-5-12(19)24/h8-11,14,32H,3-7,20H2,1-2H3,(H2,19,24)(H,21,28)(H,22,27)(H,23,29)(H,25,26)(H,30,31). The van der Waals surface area contributed by atoms with Gasteiger partial charge in [-0.05, 0) is 18.8 Å². The van der Waals surface area contributed by atoms with Crippen LogP contribution in [0, 0.1) is 5.92 Å². The molecule has 0 saturated heterocycles. The van der Waals surface area contributed by atoms with E-state index in [0.29, 0.717) is 0 Å². The van der Waals surface area contributed by atoms with Crippen molar-refractivity contribution >= 4 is 48.2 Å².